The molecule has 1 amide bonds. The van der Waals surface area contributed by atoms with Crippen molar-refractivity contribution in [3.63, 3.8) is 0 Å². The molecule has 28 heavy (non-hydrogen) atoms. The summed E-state index contributed by atoms with van der Waals surface area (Å²) in [6.45, 7) is 1.75. The number of allylic oxidation sites excluding steroid dienone is 1. The summed E-state index contributed by atoms with van der Waals surface area (Å²) in [6, 6.07) is 12.5. The van der Waals surface area contributed by atoms with Crippen molar-refractivity contribution in [2.75, 3.05) is 12.4 Å². The fraction of sp³-hybridized carbons (Fsp3) is 0.158. The number of hydrogen-bond acceptors (Lipinski definition) is 5. The molecule has 144 valence electrons. The molecule has 1 atom stereocenters. The zero-order valence-corrected chi connectivity index (χ0v) is 16.0. The molecular formula is C19H18N4O4S. The molecule has 8 nitrogen and oxygen atoms in total. The highest BCUT2D eigenvalue weighted by Gasteiger charge is 2.30. The number of thiocarbonyl (C=S) groups is 1. The summed E-state index contributed by atoms with van der Waals surface area (Å²) in [7, 11) is 1.53. The summed E-state index contributed by atoms with van der Waals surface area (Å²) in [6.07, 6.45) is 0. The molecule has 0 radical (unpaired) electrons. The second kappa shape index (κ2) is 8.05. The average Bonchev–Trinajstić information content (AvgIpc) is 2.67. The van der Waals surface area contributed by atoms with Gasteiger partial charge in [0.2, 0.25) is 0 Å². The van der Waals surface area contributed by atoms with Crippen molar-refractivity contribution in [3.8, 4) is 5.75 Å². The number of para-hydroxylation sites is 2. The van der Waals surface area contributed by atoms with Crippen molar-refractivity contribution in [2.45, 2.75) is 13.0 Å². The van der Waals surface area contributed by atoms with E-state index in [2.05, 4.69) is 16.0 Å². The molecule has 0 saturated heterocycles. The molecule has 0 bridgehead atoms. The van der Waals surface area contributed by atoms with Crippen LogP contribution in [0.4, 0.5) is 11.4 Å². The lowest BCUT2D eigenvalue weighted by Crippen LogP contribution is -2.45. The molecule has 1 aliphatic rings. The Balaban J connectivity index is 1.95. The maximum Gasteiger partial charge on any atom is 0.269 e. The number of amides is 1. The van der Waals surface area contributed by atoms with Crippen LogP contribution in [0.1, 0.15) is 18.5 Å². The van der Waals surface area contributed by atoms with Gasteiger partial charge in [0.15, 0.2) is 5.11 Å². The lowest BCUT2D eigenvalue weighted by molar-refractivity contribution is -0.384. The van der Waals surface area contributed by atoms with Gasteiger partial charge in [-0.2, -0.15) is 0 Å². The Morgan fingerprint density at radius 2 is 1.89 bits per heavy atom. The number of benzene rings is 2. The zero-order chi connectivity index (χ0) is 20.3. The van der Waals surface area contributed by atoms with Crippen LogP contribution in [-0.2, 0) is 4.79 Å². The van der Waals surface area contributed by atoms with Crippen molar-refractivity contribution in [2.24, 2.45) is 0 Å². The Morgan fingerprint density at radius 1 is 1.21 bits per heavy atom. The van der Waals surface area contributed by atoms with Crippen LogP contribution in [0, 0.1) is 10.1 Å². The summed E-state index contributed by atoms with van der Waals surface area (Å²) in [5.74, 6) is 0.195. The highest BCUT2D eigenvalue weighted by Crippen LogP contribution is 2.30. The van der Waals surface area contributed by atoms with E-state index >= 15 is 0 Å². The topological polar surface area (TPSA) is 106 Å². The fourth-order valence-electron chi connectivity index (χ4n) is 2.97. The van der Waals surface area contributed by atoms with Gasteiger partial charge in [0.25, 0.3) is 11.6 Å². The third kappa shape index (κ3) is 3.94. The minimum Gasteiger partial charge on any atom is -0.495 e. The number of anilines is 1. The van der Waals surface area contributed by atoms with Crippen LogP contribution in [0.25, 0.3) is 0 Å². The van der Waals surface area contributed by atoms with Crippen LogP contribution >= 0.6 is 12.2 Å². The summed E-state index contributed by atoms with van der Waals surface area (Å²) in [4.78, 5) is 23.5. The van der Waals surface area contributed by atoms with Gasteiger partial charge in [-0.3, -0.25) is 14.9 Å². The van der Waals surface area contributed by atoms with Crippen molar-refractivity contribution < 1.29 is 14.5 Å². The second-order valence-electron chi connectivity index (χ2n) is 6.07. The van der Waals surface area contributed by atoms with Gasteiger partial charge >= 0.3 is 0 Å². The lowest BCUT2D eigenvalue weighted by atomic mass is 9.94. The first-order valence-corrected chi connectivity index (χ1v) is 8.78. The smallest absolute Gasteiger partial charge is 0.269 e. The predicted octanol–water partition coefficient (Wildman–Crippen LogP) is 3.03. The van der Waals surface area contributed by atoms with Gasteiger partial charge in [-0.05, 0) is 49.0 Å². The minimum absolute atomic E-state index is 0.0269. The van der Waals surface area contributed by atoms with E-state index in [-0.39, 0.29) is 11.6 Å². The highest BCUT2D eigenvalue weighted by atomic mass is 32.1. The molecule has 0 aromatic heterocycles. The fourth-order valence-corrected chi connectivity index (χ4v) is 3.24. The molecular weight excluding hydrogens is 380 g/mol. The number of nitrogens with one attached hydrogen (secondary N) is 3. The van der Waals surface area contributed by atoms with Crippen LogP contribution in [0.3, 0.4) is 0 Å². The van der Waals surface area contributed by atoms with E-state index in [0.29, 0.717) is 33.4 Å². The molecule has 2 aromatic rings. The van der Waals surface area contributed by atoms with Crippen LogP contribution in [0.15, 0.2) is 59.8 Å². The minimum atomic E-state index is -0.552. The van der Waals surface area contributed by atoms with Gasteiger partial charge in [0.1, 0.15) is 5.75 Å². The van der Waals surface area contributed by atoms with Crippen LogP contribution in [0.2, 0.25) is 0 Å². The van der Waals surface area contributed by atoms with E-state index in [1.54, 1.807) is 43.3 Å². The number of nitrogens with zero attached hydrogens (tertiary/aromatic N) is 1. The Hall–Kier alpha value is -3.46. The Bertz CT molecular complexity index is 972. The maximum absolute atomic E-state index is 13.1. The van der Waals surface area contributed by atoms with Crippen LogP contribution in [0.5, 0.6) is 5.75 Å². The average molecular weight is 398 g/mol. The second-order valence-corrected chi connectivity index (χ2v) is 6.48. The molecule has 0 aliphatic carbocycles. The largest absolute Gasteiger partial charge is 0.495 e. The molecule has 0 saturated carbocycles. The monoisotopic (exact) mass is 398 g/mol. The number of carbonyl (C=O) groups is 1. The number of nitro benzene ring substituents is 1. The number of rotatable bonds is 5. The molecule has 9 heteroatoms. The van der Waals surface area contributed by atoms with E-state index < -0.39 is 11.0 Å². The normalized spacial score (nSPS) is 16.1. The van der Waals surface area contributed by atoms with Crippen LogP contribution in [-0.4, -0.2) is 23.1 Å². The van der Waals surface area contributed by atoms with Gasteiger partial charge in [-0.15, -0.1) is 0 Å². The molecule has 0 spiro atoms. The third-order valence-corrected chi connectivity index (χ3v) is 4.53. The first-order chi connectivity index (χ1) is 13.4. The molecule has 0 fully saturated rings. The molecule has 3 rings (SSSR count). The number of ether oxygens (including phenoxy) is 1. The first kappa shape index (κ1) is 19.3. The number of carbonyl (C=O) groups excluding carboxylic acids is 1. The lowest BCUT2D eigenvalue weighted by Gasteiger charge is -2.30. The summed E-state index contributed by atoms with van der Waals surface area (Å²) in [5, 5.41) is 20.1. The molecule has 1 aliphatic heterocycles. The van der Waals surface area contributed by atoms with Crippen molar-refractivity contribution in [1.29, 1.82) is 0 Å². The summed E-state index contributed by atoms with van der Waals surface area (Å²) < 4.78 is 5.28. The van der Waals surface area contributed by atoms with Gasteiger partial charge in [-0.1, -0.05) is 12.1 Å². The Kier molecular flexibility index (Phi) is 5.55. The van der Waals surface area contributed by atoms with Crippen molar-refractivity contribution in [1.82, 2.24) is 10.6 Å². The van der Waals surface area contributed by atoms with Gasteiger partial charge in [0.05, 0.1) is 29.3 Å². The predicted molar refractivity (Wildman–Crippen MR) is 109 cm³/mol. The molecule has 2 aromatic carbocycles. The number of nitro groups is 1. The van der Waals surface area contributed by atoms with Crippen molar-refractivity contribution in [3.05, 3.63) is 75.5 Å². The van der Waals surface area contributed by atoms with Crippen molar-refractivity contribution >= 4 is 34.6 Å². The highest BCUT2D eigenvalue weighted by molar-refractivity contribution is 7.80. The maximum atomic E-state index is 13.1. The summed E-state index contributed by atoms with van der Waals surface area (Å²) >= 11 is 5.22. The summed E-state index contributed by atoms with van der Waals surface area (Å²) in [5.41, 5.74) is 2.21. The molecule has 0 unspecified atom stereocenters. The number of non-ortho nitro benzene ring substituents is 1. The third-order valence-electron chi connectivity index (χ3n) is 4.31. The quantitative estimate of drug-likeness (QED) is 0.404. The number of hydrogen-bond donors (Lipinski definition) is 3. The van der Waals surface area contributed by atoms with Gasteiger partial charge in [-0.25, -0.2) is 0 Å². The SMILES string of the molecule is COc1ccccc1NC(=O)C1=C(C)NC(=S)N[C@H]1c1ccc([N+](=O)[O-])cc1. The molecule has 1 heterocycles. The first-order valence-electron chi connectivity index (χ1n) is 8.37. The van der Waals surface area contributed by atoms with E-state index in [9.17, 15) is 14.9 Å². The molecule has 3 N–H and O–H groups in total. The number of methoxy groups -OCH3 is 1. The van der Waals surface area contributed by atoms with E-state index in [1.165, 1.54) is 19.2 Å². The zero-order valence-electron chi connectivity index (χ0n) is 15.2. The van der Waals surface area contributed by atoms with Crippen LogP contribution < -0.4 is 20.7 Å². The van der Waals surface area contributed by atoms with E-state index in [4.69, 9.17) is 17.0 Å². The van der Waals surface area contributed by atoms with E-state index in [1.807, 2.05) is 0 Å². The van der Waals surface area contributed by atoms with Gasteiger partial charge in [0, 0.05) is 17.8 Å². The Labute approximate surface area is 166 Å². The van der Waals surface area contributed by atoms with E-state index in [0.717, 1.165) is 0 Å². The van der Waals surface area contributed by atoms with Gasteiger partial charge < -0.3 is 20.7 Å². The Morgan fingerprint density at radius 3 is 2.54 bits per heavy atom. The standard InChI is InChI=1S/C19H18N4O4S/c1-11-16(18(24)21-14-5-3-4-6-15(14)27-2)17(22-19(28)20-11)12-7-9-13(10-8-12)23(25)26/h3-10,17H,1-2H3,(H,21,24)(H2,20,22,28)/t17-/m0/s1.